The molecule has 1 aromatic carbocycles. The van der Waals surface area contributed by atoms with Gasteiger partial charge < -0.3 is 5.09 Å². The molecule has 0 spiro atoms. The molecule has 1 atom stereocenters. The zero-order valence-corrected chi connectivity index (χ0v) is 13.6. The summed E-state index contributed by atoms with van der Waals surface area (Å²) in [5.41, 5.74) is 3.27. The molecule has 1 aliphatic carbocycles. The average Bonchev–Trinajstić information content (AvgIpc) is 2.86. The van der Waals surface area contributed by atoms with Crippen molar-refractivity contribution in [1.82, 2.24) is 4.98 Å². The van der Waals surface area contributed by atoms with E-state index in [2.05, 4.69) is 10.1 Å². The summed E-state index contributed by atoms with van der Waals surface area (Å²) in [4.78, 5) is 5.96. The number of anilines is 1. The lowest BCUT2D eigenvalue weighted by Crippen LogP contribution is -2.10. The minimum Gasteiger partial charge on any atom is -0.331 e. The molecule has 2 aromatic rings. The summed E-state index contributed by atoms with van der Waals surface area (Å²) in [6, 6.07) is 7.99. The van der Waals surface area contributed by atoms with Crippen molar-refractivity contribution in [3.8, 4) is 0 Å². The molecule has 0 saturated carbocycles. The van der Waals surface area contributed by atoms with Gasteiger partial charge in [0, 0.05) is 17.2 Å². The summed E-state index contributed by atoms with van der Waals surface area (Å²) < 4.78 is 13.7. The Bertz CT molecular complexity index is 640. The highest BCUT2D eigenvalue weighted by molar-refractivity contribution is 7.77. The molecule has 0 aliphatic heterocycles. The molecule has 5 heteroatoms. The summed E-state index contributed by atoms with van der Waals surface area (Å²) in [6.07, 6.45) is 4.57. The third-order valence-corrected chi connectivity index (χ3v) is 7.39. The van der Waals surface area contributed by atoms with Crippen LogP contribution in [0.3, 0.4) is 0 Å². The minimum absolute atomic E-state index is 0.768. The number of hydrogen-bond donors (Lipinski definition) is 1. The van der Waals surface area contributed by atoms with Crippen molar-refractivity contribution in [3.63, 3.8) is 0 Å². The standard InChI is InChI=1S/C15H19N2OPS/c1-11-7-9-12(10-8-11)17-19(2,18)15-16-13-5-3-4-6-14(13)20-15/h7-10H,3-6H2,1-2H3,(H,17,18)/t19-/m1/s1. The first-order chi connectivity index (χ1) is 9.54. The largest absolute Gasteiger partial charge is 0.331 e. The Hall–Kier alpha value is -1.12. The van der Waals surface area contributed by atoms with E-state index >= 15 is 0 Å². The van der Waals surface area contributed by atoms with Crippen LogP contribution >= 0.6 is 18.6 Å². The number of aromatic nitrogens is 1. The fraction of sp³-hybridized carbons (Fsp3) is 0.400. The maximum Gasteiger partial charge on any atom is 0.223 e. The highest BCUT2D eigenvalue weighted by Crippen LogP contribution is 2.42. The van der Waals surface area contributed by atoms with Gasteiger partial charge in [0.2, 0.25) is 7.29 Å². The van der Waals surface area contributed by atoms with Gasteiger partial charge in [0.1, 0.15) is 0 Å². The number of nitrogens with one attached hydrogen (secondary N) is 1. The molecule has 0 saturated heterocycles. The number of benzene rings is 1. The normalized spacial score (nSPS) is 17.3. The average molecular weight is 306 g/mol. The molecule has 0 bridgehead atoms. The van der Waals surface area contributed by atoms with Crippen LogP contribution in [0.4, 0.5) is 5.69 Å². The van der Waals surface area contributed by atoms with Gasteiger partial charge in [-0.05, 0) is 44.7 Å². The summed E-state index contributed by atoms with van der Waals surface area (Å²) in [5.74, 6) is 0. The molecule has 0 radical (unpaired) electrons. The Morgan fingerprint density at radius 3 is 2.60 bits per heavy atom. The van der Waals surface area contributed by atoms with E-state index in [-0.39, 0.29) is 0 Å². The highest BCUT2D eigenvalue weighted by Gasteiger charge is 2.26. The van der Waals surface area contributed by atoms with Crippen LogP contribution < -0.4 is 9.84 Å². The molecule has 106 valence electrons. The van der Waals surface area contributed by atoms with E-state index < -0.39 is 7.29 Å². The summed E-state index contributed by atoms with van der Waals surface area (Å²) in [7, 11) is -2.63. The molecule has 1 N–H and O–H groups in total. The molecular formula is C15H19N2OPS. The zero-order valence-electron chi connectivity index (χ0n) is 11.8. The SMILES string of the molecule is Cc1ccc(N[P@](C)(=O)c2nc3c(s2)CCCC3)cc1. The molecule has 0 fully saturated rings. The van der Waals surface area contributed by atoms with Crippen molar-refractivity contribution in [3.05, 3.63) is 40.4 Å². The van der Waals surface area contributed by atoms with E-state index in [0.29, 0.717) is 0 Å². The van der Waals surface area contributed by atoms with Gasteiger partial charge in [-0.2, -0.15) is 0 Å². The van der Waals surface area contributed by atoms with Gasteiger partial charge >= 0.3 is 0 Å². The summed E-state index contributed by atoms with van der Waals surface area (Å²) in [5, 5.41) is 3.17. The van der Waals surface area contributed by atoms with Gasteiger partial charge in [-0.25, -0.2) is 4.98 Å². The van der Waals surface area contributed by atoms with Crippen LogP contribution in [0.15, 0.2) is 24.3 Å². The van der Waals surface area contributed by atoms with Crippen LogP contribution in [0, 0.1) is 6.92 Å². The molecule has 1 heterocycles. The van der Waals surface area contributed by atoms with Crippen molar-refractivity contribution in [2.45, 2.75) is 32.6 Å². The number of fused-ring (bicyclic) bond motifs is 1. The number of nitrogens with zero attached hydrogens (tertiary/aromatic N) is 1. The number of thiazole rings is 1. The maximum absolute atomic E-state index is 12.9. The van der Waals surface area contributed by atoms with E-state index in [4.69, 9.17) is 0 Å². The monoisotopic (exact) mass is 306 g/mol. The second-order valence-electron chi connectivity index (χ2n) is 5.48. The van der Waals surface area contributed by atoms with E-state index in [1.54, 1.807) is 18.0 Å². The molecule has 0 unspecified atom stereocenters. The van der Waals surface area contributed by atoms with E-state index in [9.17, 15) is 4.57 Å². The number of hydrogen-bond acceptors (Lipinski definition) is 3. The molecule has 1 aromatic heterocycles. The predicted molar refractivity (Wildman–Crippen MR) is 86.7 cm³/mol. The maximum atomic E-state index is 12.9. The Morgan fingerprint density at radius 1 is 1.20 bits per heavy atom. The Morgan fingerprint density at radius 2 is 1.90 bits per heavy atom. The molecule has 3 nitrogen and oxygen atoms in total. The first kappa shape index (κ1) is 13.8. The Labute approximate surface area is 123 Å². The van der Waals surface area contributed by atoms with Crippen molar-refractivity contribution >= 4 is 29.1 Å². The van der Waals surface area contributed by atoms with E-state index in [1.165, 1.54) is 29.0 Å². The van der Waals surface area contributed by atoms with Crippen molar-refractivity contribution in [2.75, 3.05) is 11.8 Å². The fourth-order valence-corrected chi connectivity index (χ4v) is 5.54. The first-order valence-corrected chi connectivity index (χ1v) is 9.93. The van der Waals surface area contributed by atoms with Gasteiger partial charge in [0.05, 0.1) is 5.69 Å². The molecule has 1 aliphatic rings. The quantitative estimate of drug-likeness (QED) is 0.872. The highest BCUT2D eigenvalue weighted by atomic mass is 32.1. The van der Waals surface area contributed by atoms with Gasteiger partial charge in [-0.15, -0.1) is 11.3 Å². The fourth-order valence-electron chi connectivity index (χ4n) is 2.44. The second kappa shape index (κ2) is 5.34. The van der Waals surface area contributed by atoms with Crippen LogP contribution in [0.2, 0.25) is 0 Å². The van der Waals surface area contributed by atoms with Crippen LogP contribution in [-0.2, 0) is 17.4 Å². The lowest BCUT2D eigenvalue weighted by atomic mass is 10.0. The van der Waals surface area contributed by atoms with Gasteiger partial charge in [0.25, 0.3) is 0 Å². The van der Waals surface area contributed by atoms with Crippen LogP contribution in [-0.4, -0.2) is 11.6 Å². The smallest absolute Gasteiger partial charge is 0.223 e. The lowest BCUT2D eigenvalue weighted by Gasteiger charge is -2.13. The third kappa shape index (κ3) is 2.82. The number of aryl methyl sites for hydroxylation is 3. The van der Waals surface area contributed by atoms with Crippen molar-refractivity contribution in [2.24, 2.45) is 0 Å². The van der Waals surface area contributed by atoms with E-state index in [0.717, 1.165) is 23.3 Å². The van der Waals surface area contributed by atoms with Gasteiger partial charge in [-0.3, -0.25) is 4.57 Å². The Balaban J connectivity index is 1.85. The van der Waals surface area contributed by atoms with E-state index in [1.807, 2.05) is 31.2 Å². The van der Waals surface area contributed by atoms with Crippen molar-refractivity contribution in [1.29, 1.82) is 0 Å². The Kier molecular flexibility index (Phi) is 3.70. The second-order valence-corrected chi connectivity index (χ2v) is 9.36. The molecule has 20 heavy (non-hydrogen) atoms. The van der Waals surface area contributed by atoms with Crippen LogP contribution in [0.1, 0.15) is 29.0 Å². The van der Waals surface area contributed by atoms with Gasteiger partial charge in [0.15, 0.2) is 4.75 Å². The summed E-state index contributed by atoms with van der Waals surface area (Å²) in [6.45, 7) is 3.82. The lowest BCUT2D eigenvalue weighted by molar-refractivity contribution is 0.587. The molecule has 3 rings (SSSR count). The van der Waals surface area contributed by atoms with Crippen LogP contribution in [0.25, 0.3) is 0 Å². The molecular weight excluding hydrogens is 287 g/mol. The van der Waals surface area contributed by atoms with Crippen molar-refractivity contribution < 1.29 is 4.57 Å². The first-order valence-electron chi connectivity index (χ1n) is 6.96. The topological polar surface area (TPSA) is 42.0 Å². The zero-order chi connectivity index (χ0) is 14.2. The predicted octanol–water partition coefficient (Wildman–Crippen LogP) is 3.98. The third-order valence-electron chi connectivity index (χ3n) is 3.59. The van der Waals surface area contributed by atoms with Crippen LogP contribution in [0.5, 0.6) is 0 Å². The number of rotatable bonds is 3. The summed E-state index contributed by atoms with van der Waals surface area (Å²) >= 11 is 1.63. The minimum atomic E-state index is -2.63. The molecule has 0 amide bonds. The van der Waals surface area contributed by atoms with Gasteiger partial charge in [-0.1, -0.05) is 17.7 Å².